The Hall–Kier alpha value is -2.38. The second kappa shape index (κ2) is 7.47. The molecule has 0 aliphatic carbocycles. The normalized spacial score (nSPS) is 18.1. The summed E-state index contributed by atoms with van der Waals surface area (Å²) < 4.78 is 1.80. The summed E-state index contributed by atoms with van der Waals surface area (Å²) in [6, 6.07) is 4.03. The van der Waals surface area contributed by atoms with Crippen molar-refractivity contribution >= 4 is 17.1 Å². The quantitative estimate of drug-likeness (QED) is 0.649. The van der Waals surface area contributed by atoms with Gasteiger partial charge in [0.25, 0.3) is 0 Å². The SMILES string of the molecule is Cn1ccnc1C(=O)[C@@H]1CCCN(Cc2cnc(-c3cccs3)nc2)C1. The molecule has 1 saturated heterocycles. The van der Waals surface area contributed by atoms with Crippen LogP contribution < -0.4 is 0 Å². The van der Waals surface area contributed by atoms with Crippen LogP contribution in [0.15, 0.2) is 42.3 Å². The van der Waals surface area contributed by atoms with Gasteiger partial charge in [-0.2, -0.15) is 0 Å². The van der Waals surface area contributed by atoms with Crippen molar-refractivity contribution in [1.82, 2.24) is 24.4 Å². The van der Waals surface area contributed by atoms with Gasteiger partial charge in [-0.15, -0.1) is 11.3 Å². The second-order valence-corrected chi connectivity index (χ2v) is 7.64. The largest absolute Gasteiger partial charge is 0.332 e. The molecule has 134 valence electrons. The van der Waals surface area contributed by atoms with E-state index in [1.165, 1.54) is 0 Å². The van der Waals surface area contributed by atoms with Crippen molar-refractivity contribution in [1.29, 1.82) is 0 Å². The van der Waals surface area contributed by atoms with Crippen LogP contribution in [0.4, 0.5) is 0 Å². The Kier molecular flexibility index (Phi) is 4.90. The number of aryl methyl sites for hydroxylation is 1. The molecular formula is C19H21N5OS. The Morgan fingerprint density at radius 1 is 1.31 bits per heavy atom. The number of likely N-dealkylation sites (tertiary alicyclic amines) is 1. The molecule has 6 nitrogen and oxygen atoms in total. The third-order valence-electron chi connectivity index (χ3n) is 4.77. The van der Waals surface area contributed by atoms with Crippen LogP contribution in [0.1, 0.15) is 29.0 Å². The standard InChI is InChI=1S/C19H21N5OS/c1-23-8-6-20-19(23)17(25)15-4-2-7-24(13-15)12-14-10-21-18(22-11-14)16-5-3-9-26-16/h3,5-6,8-11,15H,2,4,7,12-13H2,1H3/t15-/m1/s1. The van der Waals surface area contributed by atoms with Gasteiger partial charge in [0.2, 0.25) is 5.78 Å². The summed E-state index contributed by atoms with van der Waals surface area (Å²) in [7, 11) is 1.87. The smallest absolute Gasteiger partial charge is 0.202 e. The molecular weight excluding hydrogens is 346 g/mol. The maximum Gasteiger partial charge on any atom is 0.202 e. The summed E-state index contributed by atoms with van der Waals surface area (Å²) in [5, 5.41) is 2.03. The van der Waals surface area contributed by atoms with Gasteiger partial charge in [0.05, 0.1) is 4.88 Å². The van der Waals surface area contributed by atoms with Gasteiger partial charge in [-0.3, -0.25) is 9.69 Å². The van der Waals surface area contributed by atoms with Crippen LogP contribution in [0.2, 0.25) is 0 Å². The molecule has 1 aliphatic rings. The molecule has 1 fully saturated rings. The van der Waals surface area contributed by atoms with Crippen LogP contribution in [0.3, 0.4) is 0 Å². The number of thiophene rings is 1. The first-order valence-electron chi connectivity index (χ1n) is 8.79. The lowest BCUT2D eigenvalue weighted by Gasteiger charge is -2.31. The van der Waals surface area contributed by atoms with E-state index in [-0.39, 0.29) is 11.7 Å². The second-order valence-electron chi connectivity index (χ2n) is 6.69. The highest BCUT2D eigenvalue weighted by atomic mass is 32.1. The fourth-order valence-electron chi connectivity index (χ4n) is 3.43. The van der Waals surface area contributed by atoms with E-state index >= 15 is 0 Å². The number of carbonyl (C=O) groups is 1. The molecule has 0 radical (unpaired) electrons. The zero-order chi connectivity index (χ0) is 17.9. The minimum absolute atomic E-state index is 0.0103. The molecule has 7 heteroatoms. The Morgan fingerprint density at radius 3 is 2.85 bits per heavy atom. The van der Waals surface area contributed by atoms with Gasteiger partial charge in [0.1, 0.15) is 0 Å². The lowest BCUT2D eigenvalue weighted by atomic mass is 9.93. The molecule has 0 aromatic carbocycles. The van der Waals surface area contributed by atoms with Gasteiger partial charge in [-0.1, -0.05) is 6.07 Å². The number of nitrogens with zero attached hydrogens (tertiary/aromatic N) is 5. The van der Waals surface area contributed by atoms with Gasteiger partial charge >= 0.3 is 0 Å². The van der Waals surface area contributed by atoms with Crippen LogP contribution in [0, 0.1) is 5.92 Å². The van der Waals surface area contributed by atoms with Crippen molar-refractivity contribution in [3.8, 4) is 10.7 Å². The number of piperidine rings is 1. The number of Topliss-reactive ketones (excluding diaryl/α,β-unsaturated/α-hetero) is 1. The van der Waals surface area contributed by atoms with Crippen molar-refractivity contribution in [2.24, 2.45) is 13.0 Å². The summed E-state index contributed by atoms with van der Waals surface area (Å²) in [6.45, 7) is 2.53. The molecule has 0 saturated carbocycles. The van der Waals surface area contributed by atoms with Crippen LogP contribution in [-0.2, 0) is 13.6 Å². The van der Waals surface area contributed by atoms with E-state index in [1.54, 1.807) is 22.1 Å². The Balaban J connectivity index is 1.40. The van der Waals surface area contributed by atoms with Crippen molar-refractivity contribution in [2.75, 3.05) is 13.1 Å². The Labute approximate surface area is 156 Å². The summed E-state index contributed by atoms with van der Waals surface area (Å²) in [5.74, 6) is 1.48. The third kappa shape index (κ3) is 3.59. The van der Waals surface area contributed by atoms with E-state index in [4.69, 9.17) is 0 Å². The average molecular weight is 367 g/mol. The number of carbonyl (C=O) groups excluding carboxylic acids is 1. The minimum atomic E-state index is 0.0103. The molecule has 1 aliphatic heterocycles. The molecule has 4 heterocycles. The average Bonchev–Trinajstić information content (AvgIpc) is 3.34. The van der Waals surface area contributed by atoms with Gasteiger partial charge < -0.3 is 4.57 Å². The number of hydrogen-bond donors (Lipinski definition) is 0. The van der Waals surface area contributed by atoms with Gasteiger partial charge in [0.15, 0.2) is 11.6 Å². The number of aromatic nitrogens is 4. The van der Waals surface area contributed by atoms with Crippen molar-refractivity contribution in [3.63, 3.8) is 0 Å². The van der Waals surface area contributed by atoms with Crippen LogP contribution in [0.5, 0.6) is 0 Å². The molecule has 3 aromatic heterocycles. The van der Waals surface area contributed by atoms with E-state index in [2.05, 4.69) is 19.9 Å². The van der Waals surface area contributed by atoms with E-state index in [1.807, 2.05) is 43.2 Å². The van der Waals surface area contributed by atoms with Crippen LogP contribution >= 0.6 is 11.3 Å². The monoisotopic (exact) mass is 367 g/mol. The first-order valence-corrected chi connectivity index (χ1v) is 9.67. The van der Waals surface area contributed by atoms with Crippen molar-refractivity contribution < 1.29 is 4.79 Å². The Morgan fingerprint density at radius 2 is 2.15 bits per heavy atom. The summed E-state index contributed by atoms with van der Waals surface area (Å²) >= 11 is 1.64. The van der Waals surface area contributed by atoms with Gasteiger partial charge in [0, 0.05) is 56.4 Å². The lowest BCUT2D eigenvalue weighted by molar-refractivity contribution is 0.0797. The van der Waals surface area contributed by atoms with Gasteiger partial charge in [-0.05, 0) is 30.8 Å². The highest BCUT2D eigenvalue weighted by molar-refractivity contribution is 7.13. The van der Waals surface area contributed by atoms with Gasteiger partial charge in [-0.25, -0.2) is 15.0 Å². The van der Waals surface area contributed by atoms with E-state index in [9.17, 15) is 4.79 Å². The zero-order valence-electron chi connectivity index (χ0n) is 14.7. The molecule has 0 spiro atoms. The molecule has 0 N–H and O–H groups in total. The summed E-state index contributed by atoms with van der Waals surface area (Å²) in [4.78, 5) is 29.3. The number of ketones is 1. The maximum absolute atomic E-state index is 12.7. The lowest BCUT2D eigenvalue weighted by Crippen LogP contribution is -2.38. The predicted molar refractivity (Wildman–Crippen MR) is 101 cm³/mol. The highest BCUT2D eigenvalue weighted by Gasteiger charge is 2.28. The fraction of sp³-hybridized carbons (Fsp3) is 0.368. The topological polar surface area (TPSA) is 63.9 Å². The first kappa shape index (κ1) is 17.1. The zero-order valence-corrected chi connectivity index (χ0v) is 15.5. The number of rotatable bonds is 5. The van der Waals surface area contributed by atoms with Crippen LogP contribution in [0.25, 0.3) is 10.7 Å². The molecule has 0 bridgehead atoms. The predicted octanol–water partition coefficient (Wildman–Crippen LogP) is 3.03. The summed E-state index contributed by atoms with van der Waals surface area (Å²) in [5.41, 5.74) is 1.08. The third-order valence-corrected chi connectivity index (χ3v) is 5.64. The molecule has 26 heavy (non-hydrogen) atoms. The van der Waals surface area contributed by atoms with Crippen molar-refractivity contribution in [3.05, 3.63) is 53.7 Å². The number of hydrogen-bond acceptors (Lipinski definition) is 6. The Bertz CT molecular complexity index is 872. The first-order chi connectivity index (χ1) is 12.7. The molecule has 1 atom stereocenters. The highest BCUT2D eigenvalue weighted by Crippen LogP contribution is 2.23. The molecule has 3 aromatic rings. The molecule has 0 amide bonds. The molecule has 4 rings (SSSR count). The van der Waals surface area contributed by atoms with Crippen LogP contribution in [-0.4, -0.2) is 43.3 Å². The van der Waals surface area contributed by atoms with E-state index in [0.29, 0.717) is 5.82 Å². The van der Waals surface area contributed by atoms with E-state index < -0.39 is 0 Å². The molecule has 0 unspecified atom stereocenters. The number of imidazole rings is 1. The fourth-order valence-corrected chi connectivity index (χ4v) is 4.10. The van der Waals surface area contributed by atoms with E-state index in [0.717, 1.165) is 48.7 Å². The van der Waals surface area contributed by atoms with Crippen molar-refractivity contribution in [2.45, 2.75) is 19.4 Å². The maximum atomic E-state index is 12.7. The minimum Gasteiger partial charge on any atom is -0.332 e. The summed E-state index contributed by atoms with van der Waals surface area (Å²) in [6.07, 6.45) is 9.24.